The highest BCUT2D eigenvalue weighted by atomic mass is 19.1. The van der Waals surface area contributed by atoms with Crippen LogP contribution in [0.15, 0.2) is 18.2 Å². The van der Waals surface area contributed by atoms with Crippen LogP contribution >= 0.6 is 0 Å². The van der Waals surface area contributed by atoms with Crippen molar-refractivity contribution in [1.82, 2.24) is 10.2 Å². The third-order valence-electron chi connectivity index (χ3n) is 3.62. The SMILES string of the molecule is Cc1cc(CNC(=O)CN2CCCC(N)C2)ccc1F. The molecule has 0 aliphatic carbocycles. The van der Waals surface area contributed by atoms with Gasteiger partial charge in [0.15, 0.2) is 0 Å². The van der Waals surface area contributed by atoms with Crippen molar-refractivity contribution in [3.05, 3.63) is 35.1 Å². The molecule has 0 spiro atoms. The number of benzene rings is 1. The molecule has 4 nitrogen and oxygen atoms in total. The first-order chi connectivity index (χ1) is 9.54. The number of rotatable bonds is 4. The molecule has 0 bridgehead atoms. The summed E-state index contributed by atoms with van der Waals surface area (Å²) in [6.07, 6.45) is 2.08. The summed E-state index contributed by atoms with van der Waals surface area (Å²) in [6.45, 7) is 4.24. The second-order valence-corrected chi connectivity index (χ2v) is 5.50. The van der Waals surface area contributed by atoms with Gasteiger partial charge in [0.25, 0.3) is 0 Å². The molecule has 3 N–H and O–H groups in total. The van der Waals surface area contributed by atoms with Crippen LogP contribution in [0.2, 0.25) is 0 Å². The molecule has 1 aliphatic rings. The van der Waals surface area contributed by atoms with E-state index in [1.807, 2.05) is 0 Å². The molecule has 1 aromatic rings. The molecule has 110 valence electrons. The highest BCUT2D eigenvalue weighted by Gasteiger charge is 2.18. The first kappa shape index (κ1) is 14.9. The molecular formula is C15H22FN3O. The van der Waals surface area contributed by atoms with Crippen LogP contribution in [0.4, 0.5) is 4.39 Å². The van der Waals surface area contributed by atoms with E-state index < -0.39 is 0 Å². The van der Waals surface area contributed by atoms with Crippen LogP contribution in [0.25, 0.3) is 0 Å². The Morgan fingerprint density at radius 3 is 3.05 bits per heavy atom. The van der Waals surface area contributed by atoms with E-state index in [0.29, 0.717) is 18.7 Å². The lowest BCUT2D eigenvalue weighted by Crippen LogP contribution is -2.46. The number of hydrogen-bond acceptors (Lipinski definition) is 3. The zero-order valence-electron chi connectivity index (χ0n) is 11.9. The van der Waals surface area contributed by atoms with Gasteiger partial charge in [-0.2, -0.15) is 0 Å². The quantitative estimate of drug-likeness (QED) is 0.870. The second-order valence-electron chi connectivity index (χ2n) is 5.50. The lowest BCUT2D eigenvalue weighted by atomic mass is 10.1. The van der Waals surface area contributed by atoms with E-state index in [1.54, 1.807) is 19.1 Å². The Hall–Kier alpha value is -1.46. The molecular weight excluding hydrogens is 257 g/mol. The molecule has 1 atom stereocenters. The molecule has 5 heteroatoms. The van der Waals surface area contributed by atoms with E-state index in [4.69, 9.17) is 5.73 Å². The Balaban J connectivity index is 1.78. The van der Waals surface area contributed by atoms with Crippen molar-refractivity contribution >= 4 is 5.91 Å². The zero-order chi connectivity index (χ0) is 14.5. The summed E-state index contributed by atoms with van der Waals surface area (Å²) < 4.78 is 13.1. The van der Waals surface area contributed by atoms with Crippen LogP contribution < -0.4 is 11.1 Å². The maximum atomic E-state index is 13.1. The molecule has 20 heavy (non-hydrogen) atoms. The smallest absolute Gasteiger partial charge is 0.234 e. The molecule has 0 aromatic heterocycles. The van der Waals surface area contributed by atoms with Gasteiger partial charge in [0.1, 0.15) is 5.82 Å². The average molecular weight is 279 g/mol. The average Bonchev–Trinajstić information content (AvgIpc) is 2.40. The molecule has 1 aromatic carbocycles. The number of nitrogens with two attached hydrogens (primary N) is 1. The number of amides is 1. The van der Waals surface area contributed by atoms with E-state index in [9.17, 15) is 9.18 Å². The van der Waals surface area contributed by atoms with Crippen LogP contribution in [0.5, 0.6) is 0 Å². The Labute approximate surface area is 119 Å². The number of nitrogens with one attached hydrogen (secondary N) is 1. The fraction of sp³-hybridized carbons (Fsp3) is 0.533. The van der Waals surface area contributed by atoms with Crippen LogP contribution in [0.3, 0.4) is 0 Å². The normalized spacial score (nSPS) is 19.9. The van der Waals surface area contributed by atoms with Crippen LogP contribution in [-0.4, -0.2) is 36.5 Å². The molecule has 1 amide bonds. The first-order valence-electron chi connectivity index (χ1n) is 7.04. The monoisotopic (exact) mass is 279 g/mol. The minimum absolute atomic E-state index is 0.0129. The highest BCUT2D eigenvalue weighted by molar-refractivity contribution is 5.78. The van der Waals surface area contributed by atoms with E-state index >= 15 is 0 Å². The number of likely N-dealkylation sites (tertiary alicyclic amines) is 1. The number of nitrogens with zero attached hydrogens (tertiary/aromatic N) is 1. The Morgan fingerprint density at radius 2 is 2.35 bits per heavy atom. The number of halogens is 1. The summed E-state index contributed by atoms with van der Waals surface area (Å²) in [6, 6.07) is 5.06. The minimum Gasteiger partial charge on any atom is -0.351 e. The van der Waals surface area contributed by atoms with E-state index in [1.165, 1.54) is 6.07 Å². The van der Waals surface area contributed by atoms with Gasteiger partial charge in [-0.05, 0) is 43.5 Å². The van der Waals surface area contributed by atoms with Crippen LogP contribution in [0, 0.1) is 12.7 Å². The van der Waals surface area contributed by atoms with Crippen LogP contribution in [0.1, 0.15) is 24.0 Å². The van der Waals surface area contributed by atoms with Gasteiger partial charge in [0.05, 0.1) is 6.54 Å². The third-order valence-corrected chi connectivity index (χ3v) is 3.62. The summed E-state index contributed by atoms with van der Waals surface area (Å²) in [5.74, 6) is -0.233. The second kappa shape index (κ2) is 6.81. The van der Waals surface area contributed by atoms with Gasteiger partial charge in [-0.25, -0.2) is 4.39 Å². The summed E-state index contributed by atoms with van der Waals surface area (Å²) in [5.41, 5.74) is 7.39. The predicted octanol–water partition coefficient (Wildman–Crippen LogP) is 1.17. The van der Waals surface area contributed by atoms with Gasteiger partial charge in [-0.15, -0.1) is 0 Å². The lowest BCUT2D eigenvalue weighted by molar-refractivity contribution is -0.122. The minimum atomic E-state index is -0.220. The van der Waals surface area contributed by atoms with Crippen molar-refractivity contribution in [3.8, 4) is 0 Å². The largest absolute Gasteiger partial charge is 0.351 e. The zero-order valence-corrected chi connectivity index (χ0v) is 11.9. The van der Waals surface area contributed by atoms with Crippen molar-refractivity contribution in [2.24, 2.45) is 5.73 Å². The fourth-order valence-electron chi connectivity index (χ4n) is 2.51. The van der Waals surface area contributed by atoms with Crippen molar-refractivity contribution in [2.45, 2.75) is 32.4 Å². The number of aryl methyl sites for hydroxylation is 1. The van der Waals surface area contributed by atoms with Gasteiger partial charge >= 0.3 is 0 Å². The summed E-state index contributed by atoms with van der Waals surface area (Å²) in [5, 5.41) is 2.86. The standard InChI is InChI=1S/C15H22FN3O/c1-11-7-12(4-5-14(11)16)8-18-15(20)10-19-6-2-3-13(17)9-19/h4-5,7,13H,2-3,6,8-10,17H2,1H3,(H,18,20). The summed E-state index contributed by atoms with van der Waals surface area (Å²) >= 11 is 0. The van der Waals surface area contributed by atoms with Crippen molar-refractivity contribution in [2.75, 3.05) is 19.6 Å². The topological polar surface area (TPSA) is 58.4 Å². The predicted molar refractivity (Wildman–Crippen MR) is 76.6 cm³/mol. The van der Waals surface area contributed by atoms with Gasteiger partial charge in [0, 0.05) is 19.1 Å². The number of hydrogen-bond donors (Lipinski definition) is 2. The number of piperidine rings is 1. The Bertz CT molecular complexity index is 478. The molecule has 1 unspecified atom stereocenters. The van der Waals surface area contributed by atoms with Gasteiger partial charge in [0.2, 0.25) is 5.91 Å². The molecule has 1 fully saturated rings. The maximum absolute atomic E-state index is 13.1. The highest BCUT2D eigenvalue weighted by Crippen LogP contribution is 2.09. The molecule has 0 radical (unpaired) electrons. The third kappa shape index (κ3) is 4.28. The molecule has 1 aliphatic heterocycles. The van der Waals surface area contributed by atoms with Crippen molar-refractivity contribution in [3.63, 3.8) is 0 Å². The van der Waals surface area contributed by atoms with Gasteiger partial charge < -0.3 is 11.1 Å². The maximum Gasteiger partial charge on any atom is 0.234 e. The molecule has 1 heterocycles. The van der Waals surface area contributed by atoms with Gasteiger partial charge in [-0.1, -0.05) is 12.1 Å². The fourth-order valence-corrected chi connectivity index (χ4v) is 2.51. The van der Waals surface area contributed by atoms with E-state index in [2.05, 4.69) is 10.2 Å². The Kier molecular flexibility index (Phi) is 5.09. The Morgan fingerprint density at radius 1 is 1.55 bits per heavy atom. The number of carbonyl (C=O) groups is 1. The van der Waals surface area contributed by atoms with Crippen molar-refractivity contribution < 1.29 is 9.18 Å². The molecule has 1 saturated heterocycles. The first-order valence-corrected chi connectivity index (χ1v) is 7.04. The molecule has 2 rings (SSSR count). The van der Waals surface area contributed by atoms with Gasteiger partial charge in [-0.3, -0.25) is 9.69 Å². The summed E-state index contributed by atoms with van der Waals surface area (Å²) in [4.78, 5) is 14.0. The van der Waals surface area contributed by atoms with Crippen molar-refractivity contribution in [1.29, 1.82) is 0 Å². The van der Waals surface area contributed by atoms with E-state index in [0.717, 1.165) is 31.5 Å². The van der Waals surface area contributed by atoms with E-state index in [-0.39, 0.29) is 17.8 Å². The lowest BCUT2D eigenvalue weighted by Gasteiger charge is -2.29. The number of carbonyl (C=O) groups excluding carboxylic acids is 1. The molecule has 0 saturated carbocycles. The summed E-state index contributed by atoms with van der Waals surface area (Å²) in [7, 11) is 0. The van der Waals surface area contributed by atoms with Crippen LogP contribution in [-0.2, 0) is 11.3 Å².